The first-order valence-corrected chi connectivity index (χ1v) is 9.28. The monoisotopic (exact) mass is 361 g/mol. The fraction of sp³-hybridized carbons (Fsp3) is 0.278. The van der Waals surface area contributed by atoms with Gasteiger partial charge in [-0.3, -0.25) is 4.79 Å². The quantitative estimate of drug-likeness (QED) is 0.765. The number of nitrogens with zero attached hydrogens (tertiary/aromatic N) is 1. The normalized spacial score (nSPS) is 16.7. The highest BCUT2D eigenvalue weighted by atomic mass is 32.2. The Morgan fingerprint density at radius 2 is 1.88 bits per heavy atom. The maximum Gasteiger partial charge on any atom is 0.242 e. The predicted molar refractivity (Wildman–Crippen MR) is 92.6 cm³/mol. The third kappa shape index (κ3) is 3.67. The number of ether oxygens (including phenoxy) is 2. The fourth-order valence-electron chi connectivity index (χ4n) is 2.59. The average molecular weight is 361 g/mol. The Bertz CT molecular complexity index is 894. The lowest BCUT2D eigenvalue weighted by atomic mass is 10.2. The summed E-state index contributed by atoms with van der Waals surface area (Å²) in [4.78, 5) is 11.6. The van der Waals surface area contributed by atoms with Gasteiger partial charge in [0.15, 0.2) is 17.3 Å². The van der Waals surface area contributed by atoms with E-state index in [2.05, 4.69) is 0 Å². The van der Waals surface area contributed by atoms with E-state index >= 15 is 0 Å². The van der Waals surface area contributed by atoms with E-state index in [0.29, 0.717) is 17.1 Å². The Labute approximate surface area is 147 Å². The number of para-hydroxylation sites is 2. The van der Waals surface area contributed by atoms with Gasteiger partial charge in [-0.15, -0.1) is 0 Å². The second kappa shape index (κ2) is 6.85. The molecule has 0 aromatic heterocycles. The lowest BCUT2D eigenvalue weighted by Crippen LogP contribution is -2.41. The summed E-state index contributed by atoms with van der Waals surface area (Å²) in [5.41, 5.74) is 0.362. The summed E-state index contributed by atoms with van der Waals surface area (Å²) in [6.07, 6.45) is -0.411. The van der Waals surface area contributed by atoms with Crippen molar-refractivity contribution in [3.8, 4) is 11.5 Å². The van der Waals surface area contributed by atoms with E-state index < -0.39 is 16.1 Å². The number of hydrogen-bond donors (Lipinski definition) is 0. The maximum absolute atomic E-state index is 12.7. The Morgan fingerprint density at radius 3 is 2.60 bits per heavy atom. The molecule has 2 aromatic rings. The molecule has 1 atom stereocenters. The smallest absolute Gasteiger partial charge is 0.242 e. The minimum atomic E-state index is -3.73. The Balaban J connectivity index is 1.75. The number of carbonyl (C=O) groups excluding carboxylic acids is 1. The number of likely N-dealkylation sites (N-methyl/N-ethyl adjacent to an activating group) is 1. The van der Waals surface area contributed by atoms with Crippen LogP contribution in [-0.4, -0.2) is 44.8 Å². The van der Waals surface area contributed by atoms with Crippen molar-refractivity contribution in [3.05, 3.63) is 54.1 Å². The lowest BCUT2D eigenvalue weighted by molar-refractivity contribution is 0.0798. The summed E-state index contributed by atoms with van der Waals surface area (Å²) in [6, 6.07) is 13.3. The van der Waals surface area contributed by atoms with E-state index in [-0.39, 0.29) is 23.8 Å². The van der Waals surface area contributed by atoms with Crippen LogP contribution in [0.2, 0.25) is 0 Å². The van der Waals surface area contributed by atoms with Crippen LogP contribution in [0.1, 0.15) is 17.3 Å². The van der Waals surface area contributed by atoms with Crippen molar-refractivity contribution >= 4 is 15.8 Å². The van der Waals surface area contributed by atoms with Crippen LogP contribution in [0.5, 0.6) is 11.5 Å². The van der Waals surface area contributed by atoms with Gasteiger partial charge in [0, 0.05) is 12.6 Å². The molecule has 1 aliphatic rings. The molecule has 0 unspecified atom stereocenters. The molecular formula is C18H19NO5S. The number of hydrogen-bond acceptors (Lipinski definition) is 5. The third-order valence-electron chi connectivity index (χ3n) is 3.98. The van der Waals surface area contributed by atoms with Crippen molar-refractivity contribution in [3.63, 3.8) is 0 Å². The van der Waals surface area contributed by atoms with Crippen molar-refractivity contribution in [2.24, 2.45) is 0 Å². The molecule has 0 aliphatic carbocycles. The van der Waals surface area contributed by atoms with Gasteiger partial charge in [0.25, 0.3) is 0 Å². The molecule has 1 heterocycles. The van der Waals surface area contributed by atoms with Crippen molar-refractivity contribution in [1.29, 1.82) is 0 Å². The van der Waals surface area contributed by atoms with Gasteiger partial charge in [0.1, 0.15) is 12.7 Å². The van der Waals surface area contributed by atoms with E-state index in [1.54, 1.807) is 24.3 Å². The number of ketones is 1. The second-order valence-electron chi connectivity index (χ2n) is 5.87. The number of sulfonamides is 1. The average Bonchev–Trinajstić information content (AvgIpc) is 2.61. The molecular weight excluding hydrogens is 342 g/mol. The summed E-state index contributed by atoms with van der Waals surface area (Å²) in [7, 11) is -2.24. The first kappa shape index (κ1) is 17.4. The van der Waals surface area contributed by atoms with Gasteiger partial charge in [-0.1, -0.05) is 24.3 Å². The zero-order valence-electron chi connectivity index (χ0n) is 14.0. The van der Waals surface area contributed by atoms with Gasteiger partial charge in [-0.2, -0.15) is 4.31 Å². The van der Waals surface area contributed by atoms with Crippen molar-refractivity contribution < 1.29 is 22.7 Å². The van der Waals surface area contributed by atoms with E-state index in [1.165, 1.54) is 30.4 Å². The van der Waals surface area contributed by atoms with Gasteiger partial charge >= 0.3 is 0 Å². The van der Waals surface area contributed by atoms with Crippen molar-refractivity contribution in [2.45, 2.75) is 17.9 Å². The predicted octanol–water partition coefficient (Wildman–Crippen LogP) is 2.35. The van der Waals surface area contributed by atoms with Crippen molar-refractivity contribution in [2.75, 3.05) is 20.2 Å². The van der Waals surface area contributed by atoms with Crippen LogP contribution in [0, 0.1) is 0 Å². The maximum atomic E-state index is 12.7. The van der Waals surface area contributed by atoms with Gasteiger partial charge < -0.3 is 9.47 Å². The molecule has 0 saturated carbocycles. The number of carbonyl (C=O) groups is 1. The highest BCUT2D eigenvalue weighted by Crippen LogP contribution is 2.31. The number of Topliss-reactive ketones (excluding diaryl/α,β-unsaturated/α-hetero) is 1. The molecule has 3 rings (SSSR count). The Kier molecular flexibility index (Phi) is 4.78. The van der Waals surface area contributed by atoms with Crippen LogP contribution in [0.3, 0.4) is 0 Å². The molecule has 2 aromatic carbocycles. The van der Waals surface area contributed by atoms with E-state index in [0.717, 1.165) is 0 Å². The van der Waals surface area contributed by atoms with Gasteiger partial charge in [-0.05, 0) is 31.2 Å². The van der Waals surface area contributed by atoms with Gasteiger partial charge in [-0.25, -0.2) is 8.42 Å². The van der Waals surface area contributed by atoms with E-state index in [4.69, 9.17) is 9.47 Å². The lowest BCUT2D eigenvalue weighted by Gasteiger charge is -2.29. The molecule has 0 radical (unpaired) electrons. The van der Waals surface area contributed by atoms with E-state index in [9.17, 15) is 13.2 Å². The highest BCUT2D eigenvalue weighted by Gasteiger charge is 2.28. The molecule has 6 nitrogen and oxygen atoms in total. The van der Waals surface area contributed by atoms with Crippen LogP contribution < -0.4 is 9.47 Å². The number of fused-ring (bicyclic) bond motifs is 1. The number of rotatable bonds is 5. The minimum Gasteiger partial charge on any atom is -0.486 e. The van der Waals surface area contributed by atoms with Crippen LogP contribution in [0.15, 0.2) is 53.4 Å². The topological polar surface area (TPSA) is 72.9 Å². The molecule has 7 heteroatoms. The Hall–Kier alpha value is -2.38. The van der Waals surface area contributed by atoms with E-state index in [1.807, 2.05) is 12.1 Å². The summed E-state index contributed by atoms with van der Waals surface area (Å²) in [6.45, 7) is 1.81. The summed E-state index contributed by atoms with van der Waals surface area (Å²) < 4.78 is 38.1. The SMILES string of the molecule is CC(=O)c1cccc(S(=O)(=O)N(C)C[C@H]2COc3ccccc3O2)c1. The number of benzene rings is 2. The molecule has 0 fully saturated rings. The zero-order valence-corrected chi connectivity index (χ0v) is 14.8. The molecule has 132 valence electrons. The van der Waals surface area contributed by atoms with Crippen LogP contribution in [-0.2, 0) is 10.0 Å². The second-order valence-corrected chi connectivity index (χ2v) is 7.91. The van der Waals surface area contributed by atoms with Crippen LogP contribution in [0.4, 0.5) is 0 Å². The molecule has 25 heavy (non-hydrogen) atoms. The molecule has 0 spiro atoms. The summed E-state index contributed by atoms with van der Waals surface area (Å²) >= 11 is 0. The highest BCUT2D eigenvalue weighted by molar-refractivity contribution is 7.89. The molecule has 0 N–H and O–H groups in total. The summed E-state index contributed by atoms with van der Waals surface area (Å²) in [5.74, 6) is 1.07. The fourth-order valence-corrected chi connectivity index (χ4v) is 3.84. The molecule has 0 amide bonds. The third-order valence-corrected chi connectivity index (χ3v) is 5.80. The zero-order chi connectivity index (χ0) is 18.0. The standard InChI is InChI=1S/C18H19NO5S/c1-13(20)14-6-5-7-16(10-14)25(21,22)19(2)11-15-12-23-17-8-3-4-9-18(17)24-15/h3-10,15H,11-12H2,1-2H3/t15-/m0/s1. The molecule has 0 bridgehead atoms. The first-order chi connectivity index (χ1) is 11.9. The van der Waals surface area contributed by atoms with Gasteiger partial charge in [0.05, 0.1) is 11.4 Å². The van der Waals surface area contributed by atoms with Crippen LogP contribution in [0.25, 0.3) is 0 Å². The summed E-state index contributed by atoms with van der Waals surface area (Å²) in [5, 5.41) is 0. The molecule has 0 saturated heterocycles. The van der Waals surface area contributed by atoms with Crippen LogP contribution >= 0.6 is 0 Å². The Morgan fingerprint density at radius 1 is 1.16 bits per heavy atom. The molecule has 1 aliphatic heterocycles. The largest absolute Gasteiger partial charge is 0.486 e. The van der Waals surface area contributed by atoms with Crippen molar-refractivity contribution in [1.82, 2.24) is 4.31 Å². The minimum absolute atomic E-state index is 0.0832. The first-order valence-electron chi connectivity index (χ1n) is 7.84. The van der Waals surface area contributed by atoms with Gasteiger partial charge in [0.2, 0.25) is 10.0 Å².